The maximum atomic E-state index is 13.4. The first-order chi connectivity index (χ1) is 8.58. The molecular formula is C13H11F3N2. The Morgan fingerprint density at radius 3 is 2.67 bits per heavy atom. The van der Waals surface area contributed by atoms with Gasteiger partial charge in [-0.25, -0.2) is 13.2 Å². The Bertz CT molecular complexity index is 558. The highest BCUT2D eigenvalue weighted by Gasteiger charge is 2.13. The lowest BCUT2D eigenvalue weighted by Crippen LogP contribution is -2.15. The van der Waals surface area contributed by atoms with Crippen LogP contribution in [0.5, 0.6) is 0 Å². The number of nitrogens with zero attached hydrogens (tertiary/aromatic N) is 1. The standard InChI is InChI=1S/C13H11F3N2/c14-10-4-9(6-18-7-10)12(17)5-8-2-1-3-11(15)13(8)16/h1-4,6-7,12H,5,17H2. The van der Waals surface area contributed by atoms with Gasteiger partial charge >= 0.3 is 0 Å². The van der Waals surface area contributed by atoms with E-state index in [0.717, 1.165) is 12.3 Å². The average Bonchev–Trinajstić information content (AvgIpc) is 2.35. The molecule has 18 heavy (non-hydrogen) atoms. The van der Waals surface area contributed by atoms with E-state index in [1.807, 2.05) is 0 Å². The molecule has 0 aliphatic heterocycles. The molecule has 1 unspecified atom stereocenters. The van der Waals surface area contributed by atoms with Crippen LogP contribution in [0.25, 0.3) is 0 Å². The van der Waals surface area contributed by atoms with Crippen molar-refractivity contribution in [3.05, 3.63) is 65.2 Å². The van der Waals surface area contributed by atoms with Crippen molar-refractivity contribution in [3.8, 4) is 0 Å². The topological polar surface area (TPSA) is 38.9 Å². The second-order valence-electron chi connectivity index (χ2n) is 3.96. The van der Waals surface area contributed by atoms with Crippen LogP contribution < -0.4 is 5.73 Å². The van der Waals surface area contributed by atoms with E-state index in [1.54, 1.807) is 0 Å². The van der Waals surface area contributed by atoms with E-state index < -0.39 is 23.5 Å². The number of aromatic nitrogens is 1. The number of pyridine rings is 1. The smallest absolute Gasteiger partial charge is 0.162 e. The van der Waals surface area contributed by atoms with Crippen LogP contribution in [0.4, 0.5) is 13.2 Å². The second kappa shape index (κ2) is 5.18. The summed E-state index contributed by atoms with van der Waals surface area (Å²) in [6.07, 6.45) is 2.54. The summed E-state index contributed by atoms with van der Waals surface area (Å²) in [5.74, 6) is -2.35. The van der Waals surface area contributed by atoms with Gasteiger partial charge in [-0.2, -0.15) is 0 Å². The summed E-state index contributed by atoms with van der Waals surface area (Å²) >= 11 is 0. The zero-order chi connectivity index (χ0) is 13.1. The minimum atomic E-state index is -0.919. The lowest BCUT2D eigenvalue weighted by molar-refractivity contribution is 0.494. The molecule has 2 N–H and O–H groups in total. The van der Waals surface area contributed by atoms with Crippen molar-refractivity contribution in [1.82, 2.24) is 4.98 Å². The van der Waals surface area contributed by atoms with Crippen molar-refractivity contribution in [2.45, 2.75) is 12.5 Å². The fourth-order valence-electron chi connectivity index (χ4n) is 1.69. The number of hydrogen-bond donors (Lipinski definition) is 1. The Morgan fingerprint density at radius 2 is 1.94 bits per heavy atom. The zero-order valence-corrected chi connectivity index (χ0v) is 9.41. The van der Waals surface area contributed by atoms with Crippen LogP contribution in [0, 0.1) is 17.5 Å². The summed E-state index contributed by atoms with van der Waals surface area (Å²) in [7, 11) is 0. The molecule has 0 radical (unpaired) electrons. The van der Waals surface area contributed by atoms with E-state index in [1.165, 1.54) is 24.4 Å². The predicted molar refractivity (Wildman–Crippen MR) is 61.2 cm³/mol. The number of benzene rings is 1. The molecule has 0 saturated heterocycles. The second-order valence-corrected chi connectivity index (χ2v) is 3.96. The summed E-state index contributed by atoms with van der Waals surface area (Å²) in [6.45, 7) is 0. The predicted octanol–water partition coefficient (Wildman–Crippen LogP) is 2.74. The van der Waals surface area contributed by atoms with Gasteiger partial charge in [-0.05, 0) is 29.7 Å². The van der Waals surface area contributed by atoms with Gasteiger partial charge in [0, 0.05) is 12.2 Å². The fourth-order valence-corrected chi connectivity index (χ4v) is 1.69. The number of hydrogen-bond acceptors (Lipinski definition) is 2. The molecule has 0 spiro atoms. The molecule has 1 aromatic carbocycles. The normalized spacial score (nSPS) is 12.4. The van der Waals surface area contributed by atoms with Gasteiger partial charge in [0.15, 0.2) is 11.6 Å². The van der Waals surface area contributed by atoms with Crippen molar-refractivity contribution in [3.63, 3.8) is 0 Å². The van der Waals surface area contributed by atoms with Gasteiger partial charge < -0.3 is 5.73 Å². The quantitative estimate of drug-likeness (QED) is 0.912. The molecule has 1 heterocycles. The molecule has 0 aliphatic carbocycles. The molecule has 0 bridgehead atoms. The summed E-state index contributed by atoms with van der Waals surface area (Å²) in [5.41, 5.74) is 6.42. The van der Waals surface area contributed by atoms with E-state index in [2.05, 4.69) is 4.98 Å². The van der Waals surface area contributed by atoms with E-state index in [0.29, 0.717) is 5.56 Å². The molecule has 1 aromatic heterocycles. The third-order valence-electron chi connectivity index (χ3n) is 2.63. The number of rotatable bonds is 3. The van der Waals surface area contributed by atoms with Gasteiger partial charge in [-0.1, -0.05) is 12.1 Å². The van der Waals surface area contributed by atoms with Crippen LogP contribution in [-0.2, 0) is 6.42 Å². The van der Waals surface area contributed by atoms with Crippen LogP contribution >= 0.6 is 0 Å². The summed E-state index contributed by atoms with van der Waals surface area (Å²) in [5, 5.41) is 0. The highest BCUT2D eigenvalue weighted by atomic mass is 19.2. The number of halogens is 3. The maximum absolute atomic E-state index is 13.4. The van der Waals surface area contributed by atoms with Gasteiger partial charge in [0.25, 0.3) is 0 Å². The molecule has 2 aromatic rings. The van der Waals surface area contributed by atoms with Gasteiger partial charge in [-0.3, -0.25) is 4.98 Å². The molecule has 1 atom stereocenters. The van der Waals surface area contributed by atoms with E-state index in [9.17, 15) is 13.2 Å². The van der Waals surface area contributed by atoms with Crippen LogP contribution in [0.3, 0.4) is 0 Å². The molecule has 0 amide bonds. The van der Waals surface area contributed by atoms with Gasteiger partial charge in [0.05, 0.1) is 6.20 Å². The lowest BCUT2D eigenvalue weighted by Gasteiger charge is -2.12. The van der Waals surface area contributed by atoms with Gasteiger partial charge in [0.1, 0.15) is 5.82 Å². The number of nitrogens with two attached hydrogens (primary N) is 1. The highest BCUT2D eigenvalue weighted by Crippen LogP contribution is 2.19. The fraction of sp³-hybridized carbons (Fsp3) is 0.154. The monoisotopic (exact) mass is 252 g/mol. The van der Waals surface area contributed by atoms with Crippen molar-refractivity contribution in [2.24, 2.45) is 5.73 Å². The molecule has 0 saturated carbocycles. The molecule has 0 fully saturated rings. The molecule has 5 heteroatoms. The largest absolute Gasteiger partial charge is 0.324 e. The summed E-state index contributed by atoms with van der Waals surface area (Å²) in [4.78, 5) is 3.66. The highest BCUT2D eigenvalue weighted by molar-refractivity contribution is 5.23. The zero-order valence-electron chi connectivity index (χ0n) is 9.41. The van der Waals surface area contributed by atoms with Crippen LogP contribution in [-0.4, -0.2) is 4.98 Å². The Kier molecular flexibility index (Phi) is 3.62. The first-order valence-corrected chi connectivity index (χ1v) is 5.37. The van der Waals surface area contributed by atoms with Gasteiger partial charge in [-0.15, -0.1) is 0 Å². The van der Waals surface area contributed by atoms with Crippen LogP contribution in [0.15, 0.2) is 36.7 Å². The molecule has 2 nitrogen and oxygen atoms in total. The third-order valence-corrected chi connectivity index (χ3v) is 2.63. The van der Waals surface area contributed by atoms with Crippen LogP contribution in [0.2, 0.25) is 0 Å². The van der Waals surface area contributed by atoms with Crippen LogP contribution in [0.1, 0.15) is 17.2 Å². The first kappa shape index (κ1) is 12.6. The van der Waals surface area contributed by atoms with Crippen molar-refractivity contribution in [2.75, 3.05) is 0 Å². The maximum Gasteiger partial charge on any atom is 0.162 e. The Labute approximate surface area is 102 Å². The molecular weight excluding hydrogens is 241 g/mol. The van der Waals surface area contributed by atoms with Crippen molar-refractivity contribution >= 4 is 0 Å². The minimum Gasteiger partial charge on any atom is -0.324 e. The lowest BCUT2D eigenvalue weighted by atomic mass is 10.0. The van der Waals surface area contributed by atoms with E-state index >= 15 is 0 Å². The molecule has 2 rings (SSSR count). The van der Waals surface area contributed by atoms with Crippen molar-refractivity contribution in [1.29, 1.82) is 0 Å². The average molecular weight is 252 g/mol. The Morgan fingerprint density at radius 1 is 1.17 bits per heavy atom. The summed E-state index contributed by atoms with van der Waals surface area (Å²) in [6, 6.07) is 4.49. The first-order valence-electron chi connectivity index (χ1n) is 5.37. The van der Waals surface area contributed by atoms with E-state index in [-0.39, 0.29) is 12.0 Å². The Balaban J connectivity index is 2.21. The third kappa shape index (κ3) is 2.68. The SMILES string of the molecule is NC(Cc1cccc(F)c1F)c1cncc(F)c1. The summed E-state index contributed by atoms with van der Waals surface area (Å²) < 4.78 is 39.4. The van der Waals surface area contributed by atoms with E-state index in [4.69, 9.17) is 5.73 Å². The Hall–Kier alpha value is -1.88. The van der Waals surface area contributed by atoms with Crippen molar-refractivity contribution < 1.29 is 13.2 Å². The molecule has 0 aliphatic rings. The minimum absolute atomic E-state index is 0.0781. The van der Waals surface area contributed by atoms with Gasteiger partial charge in [0.2, 0.25) is 0 Å². The molecule has 94 valence electrons.